The average molecular weight is 529 g/mol. The van der Waals surface area contributed by atoms with Gasteiger partial charge in [0, 0.05) is 19.1 Å². The van der Waals surface area contributed by atoms with Crippen LogP contribution in [0.1, 0.15) is 54.7 Å². The molecule has 39 heavy (non-hydrogen) atoms. The monoisotopic (exact) mass is 528 g/mol. The van der Waals surface area contributed by atoms with Gasteiger partial charge in [0.25, 0.3) is 0 Å². The minimum atomic E-state index is -0.269. The standard InChI is InChI=1S/C33H40N2O4/c1-37-29-16-12-25(13-17-29)22-34-31-20-21-35(33(36)39-23-26-8-4-2-5-9-26)32(31)24-38-30-18-14-28(15-19-30)27-10-6-3-7-11-27/h2-13,16-17,28,30-32,34H,14-15,18-24H2,1H3/t28?,30?,31-,32-/m0/s1. The lowest BCUT2D eigenvalue weighted by atomic mass is 9.83. The minimum absolute atomic E-state index is 0.0710. The summed E-state index contributed by atoms with van der Waals surface area (Å²) in [5.41, 5.74) is 3.60. The zero-order valence-corrected chi connectivity index (χ0v) is 22.8. The lowest BCUT2D eigenvalue weighted by Crippen LogP contribution is -2.48. The van der Waals surface area contributed by atoms with Crippen molar-refractivity contribution in [3.05, 3.63) is 102 Å². The van der Waals surface area contributed by atoms with Gasteiger partial charge in [-0.2, -0.15) is 0 Å². The normalized spacial score (nSPS) is 22.9. The van der Waals surface area contributed by atoms with E-state index in [1.807, 2.05) is 47.4 Å². The summed E-state index contributed by atoms with van der Waals surface area (Å²) in [6.45, 7) is 2.17. The van der Waals surface area contributed by atoms with Crippen LogP contribution in [0.25, 0.3) is 0 Å². The summed E-state index contributed by atoms with van der Waals surface area (Å²) in [5, 5.41) is 3.69. The van der Waals surface area contributed by atoms with Crippen molar-refractivity contribution in [1.29, 1.82) is 0 Å². The molecule has 2 fully saturated rings. The van der Waals surface area contributed by atoms with Gasteiger partial charge in [0.2, 0.25) is 0 Å². The fraction of sp³-hybridized carbons (Fsp3) is 0.424. The predicted molar refractivity (Wildman–Crippen MR) is 153 cm³/mol. The quantitative estimate of drug-likeness (QED) is 0.334. The number of likely N-dealkylation sites (tertiary alicyclic amines) is 1. The number of nitrogens with zero attached hydrogens (tertiary/aromatic N) is 1. The van der Waals surface area contributed by atoms with Gasteiger partial charge in [-0.15, -0.1) is 0 Å². The first-order valence-electron chi connectivity index (χ1n) is 14.2. The van der Waals surface area contributed by atoms with Gasteiger partial charge in [-0.25, -0.2) is 4.79 Å². The van der Waals surface area contributed by atoms with E-state index in [2.05, 4.69) is 47.8 Å². The van der Waals surface area contributed by atoms with Gasteiger partial charge in [0.1, 0.15) is 12.4 Å². The number of carbonyl (C=O) groups is 1. The lowest BCUT2D eigenvalue weighted by molar-refractivity contribution is -0.00865. The number of amides is 1. The van der Waals surface area contributed by atoms with E-state index >= 15 is 0 Å². The van der Waals surface area contributed by atoms with E-state index in [-0.39, 0.29) is 30.9 Å². The van der Waals surface area contributed by atoms with Gasteiger partial charge in [-0.05, 0) is 66.8 Å². The van der Waals surface area contributed by atoms with E-state index in [9.17, 15) is 4.79 Å². The molecule has 0 spiro atoms. The molecule has 3 aromatic rings. The van der Waals surface area contributed by atoms with Gasteiger partial charge < -0.3 is 24.4 Å². The highest BCUT2D eigenvalue weighted by molar-refractivity contribution is 5.68. The van der Waals surface area contributed by atoms with Crippen molar-refractivity contribution in [2.24, 2.45) is 0 Å². The van der Waals surface area contributed by atoms with Crippen LogP contribution >= 0.6 is 0 Å². The number of ether oxygens (including phenoxy) is 3. The van der Waals surface area contributed by atoms with E-state index in [4.69, 9.17) is 14.2 Å². The summed E-state index contributed by atoms with van der Waals surface area (Å²) in [4.78, 5) is 15.0. The first kappa shape index (κ1) is 27.2. The van der Waals surface area contributed by atoms with Crippen molar-refractivity contribution < 1.29 is 19.0 Å². The number of hydrogen-bond donors (Lipinski definition) is 1. The van der Waals surface area contributed by atoms with E-state index < -0.39 is 0 Å². The van der Waals surface area contributed by atoms with Crippen LogP contribution in [0.15, 0.2) is 84.9 Å². The van der Waals surface area contributed by atoms with E-state index in [1.54, 1.807) is 7.11 Å². The van der Waals surface area contributed by atoms with Gasteiger partial charge in [-0.3, -0.25) is 0 Å². The number of carbonyl (C=O) groups excluding carboxylic acids is 1. The molecular weight excluding hydrogens is 488 g/mol. The molecule has 0 radical (unpaired) electrons. The van der Waals surface area contributed by atoms with Gasteiger partial charge in [-0.1, -0.05) is 72.8 Å². The number of rotatable bonds is 10. The Kier molecular flexibility index (Phi) is 9.52. The number of nitrogens with one attached hydrogen (secondary N) is 1. The summed E-state index contributed by atoms with van der Waals surface area (Å²) in [6, 6.07) is 28.8. The summed E-state index contributed by atoms with van der Waals surface area (Å²) in [7, 11) is 1.68. The Hall–Kier alpha value is -3.35. The van der Waals surface area contributed by atoms with E-state index in [0.717, 1.165) is 50.0 Å². The highest BCUT2D eigenvalue weighted by Crippen LogP contribution is 2.34. The van der Waals surface area contributed by atoms with Crippen LogP contribution in [-0.2, 0) is 22.6 Å². The Balaban J connectivity index is 1.18. The van der Waals surface area contributed by atoms with Crippen molar-refractivity contribution in [3.8, 4) is 5.75 Å². The third-order valence-corrected chi connectivity index (χ3v) is 8.16. The molecule has 0 aromatic heterocycles. The number of hydrogen-bond acceptors (Lipinski definition) is 5. The number of benzene rings is 3. The van der Waals surface area contributed by atoms with Crippen molar-refractivity contribution in [3.63, 3.8) is 0 Å². The summed E-state index contributed by atoms with van der Waals surface area (Å²) < 4.78 is 17.5. The average Bonchev–Trinajstić information content (AvgIpc) is 3.42. The van der Waals surface area contributed by atoms with Gasteiger partial charge >= 0.3 is 6.09 Å². The Bertz CT molecular complexity index is 1150. The molecule has 1 heterocycles. The molecular formula is C33H40N2O4. The van der Waals surface area contributed by atoms with Crippen LogP contribution in [0, 0.1) is 0 Å². The van der Waals surface area contributed by atoms with Crippen LogP contribution in [0.3, 0.4) is 0 Å². The summed E-state index contributed by atoms with van der Waals surface area (Å²) in [5.74, 6) is 1.46. The highest BCUT2D eigenvalue weighted by atomic mass is 16.6. The minimum Gasteiger partial charge on any atom is -0.497 e. The zero-order chi connectivity index (χ0) is 26.9. The van der Waals surface area contributed by atoms with E-state index in [1.165, 1.54) is 11.1 Å². The zero-order valence-electron chi connectivity index (χ0n) is 22.8. The predicted octanol–water partition coefficient (Wildman–Crippen LogP) is 6.31. The fourth-order valence-corrected chi connectivity index (χ4v) is 5.84. The maximum atomic E-state index is 13.2. The lowest BCUT2D eigenvalue weighted by Gasteiger charge is -2.33. The second-order valence-electron chi connectivity index (χ2n) is 10.6. The molecule has 3 aromatic carbocycles. The van der Waals surface area contributed by atoms with Crippen LogP contribution < -0.4 is 10.1 Å². The Morgan fingerprint density at radius 1 is 0.846 bits per heavy atom. The van der Waals surface area contributed by atoms with Gasteiger partial charge in [0.05, 0.1) is 25.9 Å². The molecule has 1 amide bonds. The van der Waals surface area contributed by atoms with Crippen LogP contribution in [0.2, 0.25) is 0 Å². The SMILES string of the molecule is COc1ccc(CN[C@H]2CCN(C(=O)OCc3ccccc3)[C@H]2COC2CCC(c3ccccc3)CC2)cc1. The molecule has 6 nitrogen and oxygen atoms in total. The molecule has 1 saturated heterocycles. The first-order valence-corrected chi connectivity index (χ1v) is 14.2. The fourth-order valence-electron chi connectivity index (χ4n) is 5.84. The number of methoxy groups -OCH3 is 1. The van der Waals surface area contributed by atoms with Crippen molar-refractivity contribution >= 4 is 6.09 Å². The molecule has 6 heteroatoms. The van der Waals surface area contributed by atoms with Crippen LogP contribution in [0.4, 0.5) is 4.79 Å². The highest BCUT2D eigenvalue weighted by Gasteiger charge is 2.38. The summed E-state index contributed by atoms with van der Waals surface area (Å²) in [6.07, 6.45) is 5.21. The molecule has 2 aliphatic rings. The van der Waals surface area contributed by atoms with Crippen LogP contribution in [-0.4, -0.2) is 49.4 Å². The summed E-state index contributed by atoms with van der Waals surface area (Å²) >= 11 is 0. The third-order valence-electron chi connectivity index (χ3n) is 8.16. The second kappa shape index (κ2) is 13.6. The van der Waals surface area contributed by atoms with Crippen LogP contribution in [0.5, 0.6) is 5.75 Å². The Labute approximate surface area is 232 Å². The van der Waals surface area contributed by atoms with Crippen molar-refractivity contribution in [2.75, 3.05) is 20.3 Å². The molecule has 1 N–H and O–H groups in total. The first-order chi connectivity index (χ1) is 19.2. The maximum absolute atomic E-state index is 13.2. The maximum Gasteiger partial charge on any atom is 0.410 e. The molecule has 5 rings (SSSR count). The molecule has 1 aliphatic heterocycles. The van der Waals surface area contributed by atoms with Gasteiger partial charge in [0.15, 0.2) is 0 Å². The third kappa shape index (κ3) is 7.40. The molecule has 1 aliphatic carbocycles. The largest absolute Gasteiger partial charge is 0.497 e. The Morgan fingerprint density at radius 2 is 1.54 bits per heavy atom. The smallest absolute Gasteiger partial charge is 0.410 e. The molecule has 0 bridgehead atoms. The Morgan fingerprint density at radius 3 is 2.23 bits per heavy atom. The van der Waals surface area contributed by atoms with Crippen molar-refractivity contribution in [2.45, 2.75) is 69.4 Å². The van der Waals surface area contributed by atoms with Crippen molar-refractivity contribution in [1.82, 2.24) is 10.2 Å². The second-order valence-corrected chi connectivity index (χ2v) is 10.6. The molecule has 2 atom stereocenters. The topological polar surface area (TPSA) is 60.0 Å². The van der Waals surface area contributed by atoms with E-state index in [0.29, 0.717) is 19.1 Å². The molecule has 0 unspecified atom stereocenters. The molecule has 206 valence electrons. The molecule has 1 saturated carbocycles.